The zero-order valence-electron chi connectivity index (χ0n) is 12.9. The van der Waals surface area contributed by atoms with E-state index in [1.165, 1.54) is 19.8 Å². The van der Waals surface area contributed by atoms with Gasteiger partial charge in [-0.05, 0) is 37.5 Å². The van der Waals surface area contributed by atoms with E-state index in [-0.39, 0.29) is 11.8 Å². The summed E-state index contributed by atoms with van der Waals surface area (Å²) in [6.07, 6.45) is 4.70. The molecule has 2 amide bonds. The fourth-order valence-electron chi connectivity index (χ4n) is 2.94. The Balaban J connectivity index is 2.02. The number of hydrogen-bond donors (Lipinski definition) is 1. The van der Waals surface area contributed by atoms with Crippen molar-refractivity contribution >= 4 is 11.8 Å². The van der Waals surface area contributed by atoms with Gasteiger partial charge in [-0.2, -0.15) is 0 Å². The number of amides is 2. The maximum absolute atomic E-state index is 12.6. The van der Waals surface area contributed by atoms with Crippen LogP contribution in [0.4, 0.5) is 0 Å². The second-order valence-electron chi connectivity index (χ2n) is 5.64. The van der Waals surface area contributed by atoms with Crippen LogP contribution in [0.3, 0.4) is 0 Å². The average Bonchev–Trinajstić information content (AvgIpc) is 3.00. The summed E-state index contributed by atoms with van der Waals surface area (Å²) in [6, 6.07) is 7.94. The Morgan fingerprint density at radius 3 is 2.33 bits per heavy atom. The van der Waals surface area contributed by atoms with Gasteiger partial charge < -0.3 is 10.2 Å². The number of hydrogen-bond acceptors (Lipinski definition) is 2. The lowest BCUT2D eigenvalue weighted by Crippen LogP contribution is -2.38. The Hall–Kier alpha value is -1.84. The molecule has 0 saturated heterocycles. The van der Waals surface area contributed by atoms with E-state index in [4.69, 9.17) is 0 Å². The molecule has 0 atom stereocenters. The molecular formula is C17H24N2O2. The number of carbonyl (C=O) groups is 2. The van der Waals surface area contributed by atoms with E-state index in [0.717, 1.165) is 30.5 Å². The summed E-state index contributed by atoms with van der Waals surface area (Å²) in [6.45, 7) is 4.81. The molecule has 1 aromatic carbocycles. The van der Waals surface area contributed by atoms with Gasteiger partial charge in [-0.15, -0.1) is 0 Å². The summed E-state index contributed by atoms with van der Waals surface area (Å²) in [7, 11) is 0. The Morgan fingerprint density at radius 2 is 1.81 bits per heavy atom. The molecule has 0 heterocycles. The first-order valence-electron chi connectivity index (χ1n) is 7.76. The third kappa shape index (κ3) is 4.06. The summed E-state index contributed by atoms with van der Waals surface area (Å²) in [4.78, 5) is 25.5. The first-order chi connectivity index (χ1) is 10.1. The average molecular weight is 288 g/mol. The molecule has 1 aromatic rings. The molecule has 114 valence electrons. The molecule has 21 heavy (non-hydrogen) atoms. The fraction of sp³-hybridized carbons (Fsp3) is 0.529. The zero-order valence-corrected chi connectivity index (χ0v) is 12.9. The topological polar surface area (TPSA) is 49.4 Å². The lowest BCUT2D eigenvalue weighted by molar-refractivity contribution is -0.119. The number of benzene rings is 1. The van der Waals surface area contributed by atoms with Gasteiger partial charge in [0, 0.05) is 31.6 Å². The Kier molecular flexibility index (Phi) is 5.37. The molecule has 0 aliphatic heterocycles. The monoisotopic (exact) mass is 288 g/mol. The van der Waals surface area contributed by atoms with E-state index in [0.29, 0.717) is 12.6 Å². The lowest BCUT2D eigenvalue weighted by Gasteiger charge is -2.27. The van der Waals surface area contributed by atoms with E-state index in [9.17, 15) is 9.59 Å². The van der Waals surface area contributed by atoms with Crippen LogP contribution >= 0.6 is 0 Å². The molecule has 1 fully saturated rings. The third-order valence-electron chi connectivity index (χ3n) is 4.11. The first kappa shape index (κ1) is 15.5. The van der Waals surface area contributed by atoms with Crippen LogP contribution in [0, 0.1) is 0 Å². The molecule has 1 saturated carbocycles. The van der Waals surface area contributed by atoms with Gasteiger partial charge in [-0.25, -0.2) is 0 Å². The molecule has 2 rings (SSSR count). The van der Waals surface area contributed by atoms with E-state index >= 15 is 0 Å². The van der Waals surface area contributed by atoms with Crippen LogP contribution < -0.4 is 5.32 Å². The zero-order chi connectivity index (χ0) is 15.2. The lowest BCUT2D eigenvalue weighted by atomic mass is 10.1. The van der Waals surface area contributed by atoms with Crippen LogP contribution in [0.25, 0.3) is 0 Å². The maximum Gasteiger partial charge on any atom is 0.254 e. The second-order valence-corrected chi connectivity index (χ2v) is 5.64. The van der Waals surface area contributed by atoms with Gasteiger partial charge in [0.25, 0.3) is 5.91 Å². The largest absolute Gasteiger partial charge is 0.352 e. The molecule has 0 radical (unpaired) electrons. The number of carbonyl (C=O) groups excluding carboxylic acids is 2. The highest BCUT2D eigenvalue weighted by Gasteiger charge is 2.25. The maximum atomic E-state index is 12.6. The summed E-state index contributed by atoms with van der Waals surface area (Å²) in [5, 5.41) is 2.75. The van der Waals surface area contributed by atoms with Gasteiger partial charge in [0.2, 0.25) is 5.91 Å². The molecule has 1 aliphatic rings. The van der Waals surface area contributed by atoms with Gasteiger partial charge >= 0.3 is 0 Å². The van der Waals surface area contributed by atoms with E-state index in [2.05, 4.69) is 5.32 Å². The fourth-order valence-corrected chi connectivity index (χ4v) is 2.94. The van der Waals surface area contributed by atoms with Crippen molar-refractivity contribution in [2.45, 2.75) is 52.1 Å². The van der Waals surface area contributed by atoms with Gasteiger partial charge in [-0.3, -0.25) is 9.59 Å². The molecule has 0 unspecified atom stereocenters. The SMILES string of the molecule is CCN(C(=O)c1ccc(CNC(C)=O)cc1)C1CCCC1. The Bertz CT molecular complexity index is 490. The minimum Gasteiger partial charge on any atom is -0.352 e. The molecule has 4 heteroatoms. The molecular weight excluding hydrogens is 264 g/mol. The van der Waals surface area contributed by atoms with Crippen molar-refractivity contribution in [1.82, 2.24) is 10.2 Å². The van der Waals surface area contributed by atoms with Crippen LogP contribution in [0.5, 0.6) is 0 Å². The molecule has 4 nitrogen and oxygen atoms in total. The minimum absolute atomic E-state index is 0.0476. The van der Waals surface area contributed by atoms with Crippen LogP contribution in [-0.4, -0.2) is 29.3 Å². The van der Waals surface area contributed by atoms with Crippen LogP contribution in [-0.2, 0) is 11.3 Å². The first-order valence-corrected chi connectivity index (χ1v) is 7.76. The van der Waals surface area contributed by atoms with Crippen LogP contribution in [0.1, 0.15) is 55.5 Å². The minimum atomic E-state index is -0.0476. The van der Waals surface area contributed by atoms with Gasteiger partial charge in [0.1, 0.15) is 0 Å². The molecule has 0 aromatic heterocycles. The Morgan fingerprint density at radius 1 is 1.19 bits per heavy atom. The highest BCUT2D eigenvalue weighted by molar-refractivity contribution is 5.94. The van der Waals surface area contributed by atoms with E-state index < -0.39 is 0 Å². The van der Waals surface area contributed by atoms with E-state index in [1.807, 2.05) is 36.1 Å². The van der Waals surface area contributed by atoms with Crippen molar-refractivity contribution in [2.75, 3.05) is 6.54 Å². The number of nitrogens with zero attached hydrogens (tertiary/aromatic N) is 1. The van der Waals surface area contributed by atoms with Crippen molar-refractivity contribution in [3.63, 3.8) is 0 Å². The van der Waals surface area contributed by atoms with Crippen molar-refractivity contribution < 1.29 is 9.59 Å². The predicted octanol–water partition coefficient (Wildman–Crippen LogP) is 2.73. The second kappa shape index (κ2) is 7.25. The van der Waals surface area contributed by atoms with Crippen molar-refractivity contribution in [3.05, 3.63) is 35.4 Å². The van der Waals surface area contributed by atoms with Gasteiger partial charge in [0.05, 0.1) is 0 Å². The van der Waals surface area contributed by atoms with E-state index in [1.54, 1.807) is 0 Å². The summed E-state index contributed by atoms with van der Waals surface area (Å²) >= 11 is 0. The Labute approximate surface area is 126 Å². The molecule has 1 N–H and O–H groups in total. The number of nitrogens with one attached hydrogen (secondary N) is 1. The third-order valence-corrected chi connectivity index (χ3v) is 4.11. The van der Waals surface area contributed by atoms with Crippen LogP contribution in [0.2, 0.25) is 0 Å². The molecule has 0 bridgehead atoms. The summed E-state index contributed by atoms with van der Waals surface area (Å²) in [5.41, 5.74) is 1.74. The highest BCUT2D eigenvalue weighted by Crippen LogP contribution is 2.24. The standard InChI is InChI=1S/C17H24N2O2/c1-3-19(16-6-4-5-7-16)17(21)15-10-8-14(9-11-15)12-18-13(2)20/h8-11,16H,3-7,12H2,1-2H3,(H,18,20). The quantitative estimate of drug-likeness (QED) is 0.905. The van der Waals surface area contributed by atoms with Gasteiger partial charge in [-0.1, -0.05) is 25.0 Å². The molecule has 1 aliphatic carbocycles. The van der Waals surface area contributed by atoms with Crippen molar-refractivity contribution in [2.24, 2.45) is 0 Å². The smallest absolute Gasteiger partial charge is 0.254 e. The summed E-state index contributed by atoms with van der Waals surface area (Å²) in [5.74, 6) is 0.0732. The van der Waals surface area contributed by atoms with Crippen molar-refractivity contribution in [3.8, 4) is 0 Å². The normalized spacial score (nSPS) is 15.0. The molecule has 0 spiro atoms. The van der Waals surface area contributed by atoms with Gasteiger partial charge in [0.15, 0.2) is 0 Å². The summed E-state index contributed by atoms with van der Waals surface area (Å²) < 4.78 is 0. The van der Waals surface area contributed by atoms with Crippen molar-refractivity contribution in [1.29, 1.82) is 0 Å². The van der Waals surface area contributed by atoms with Crippen LogP contribution in [0.15, 0.2) is 24.3 Å². The predicted molar refractivity (Wildman–Crippen MR) is 82.9 cm³/mol. The highest BCUT2D eigenvalue weighted by atomic mass is 16.2. The number of rotatable bonds is 5.